The van der Waals surface area contributed by atoms with E-state index in [0.717, 1.165) is 22.3 Å². The van der Waals surface area contributed by atoms with Crippen LogP contribution in [0, 0.1) is 0 Å². The van der Waals surface area contributed by atoms with Crippen molar-refractivity contribution >= 4 is 12.1 Å². The van der Waals surface area contributed by atoms with Gasteiger partial charge in [-0.3, -0.25) is 4.90 Å². The van der Waals surface area contributed by atoms with Gasteiger partial charge >= 0.3 is 12.1 Å². The summed E-state index contributed by atoms with van der Waals surface area (Å²) in [5, 5.41) is 9.44. The lowest BCUT2D eigenvalue weighted by molar-refractivity contribution is -0.144. The highest BCUT2D eigenvalue weighted by atomic mass is 16.6. The number of benzene rings is 2. The predicted molar refractivity (Wildman–Crippen MR) is 101 cm³/mol. The molecule has 4 rings (SSSR count). The van der Waals surface area contributed by atoms with Crippen molar-refractivity contribution in [2.45, 2.75) is 12.0 Å². The normalized spacial score (nSPS) is 19.4. The summed E-state index contributed by atoms with van der Waals surface area (Å²) >= 11 is 0. The van der Waals surface area contributed by atoms with E-state index in [1.165, 1.54) is 4.90 Å². The van der Waals surface area contributed by atoms with Crippen LogP contribution in [0.25, 0.3) is 11.1 Å². The van der Waals surface area contributed by atoms with Crippen LogP contribution in [0.1, 0.15) is 17.0 Å². The highest BCUT2D eigenvalue weighted by Gasteiger charge is 2.36. The van der Waals surface area contributed by atoms with Crippen LogP contribution >= 0.6 is 0 Å². The summed E-state index contributed by atoms with van der Waals surface area (Å²) in [4.78, 5) is 27.4. The van der Waals surface area contributed by atoms with Gasteiger partial charge in [-0.05, 0) is 29.3 Å². The van der Waals surface area contributed by atoms with Crippen molar-refractivity contribution in [2.24, 2.45) is 0 Å². The number of ether oxygens (including phenoxy) is 1. The average Bonchev–Trinajstić information content (AvgIpc) is 3.00. The number of likely N-dealkylation sites (N-methyl/N-ethyl adjacent to an activating group) is 1. The first-order valence-corrected chi connectivity index (χ1v) is 9.09. The highest BCUT2D eigenvalue weighted by Crippen LogP contribution is 2.44. The monoisotopic (exact) mass is 366 g/mol. The number of fused-ring (bicyclic) bond motifs is 3. The Morgan fingerprint density at radius 3 is 2.22 bits per heavy atom. The average molecular weight is 366 g/mol. The Morgan fingerprint density at radius 2 is 1.63 bits per heavy atom. The van der Waals surface area contributed by atoms with Crippen LogP contribution in [0.15, 0.2) is 48.5 Å². The number of hydrogen-bond donors (Lipinski definition) is 1. The van der Waals surface area contributed by atoms with Crippen molar-refractivity contribution in [1.29, 1.82) is 0 Å². The smallest absolute Gasteiger partial charge is 0.410 e. The second-order valence-corrected chi connectivity index (χ2v) is 7.11. The summed E-state index contributed by atoms with van der Waals surface area (Å²) in [6, 6.07) is 15.4. The van der Waals surface area contributed by atoms with Gasteiger partial charge in [-0.25, -0.2) is 9.59 Å². The Morgan fingerprint density at radius 1 is 1.04 bits per heavy atom. The molecule has 0 saturated carbocycles. The first kappa shape index (κ1) is 17.5. The van der Waals surface area contributed by atoms with Gasteiger partial charge < -0.3 is 14.7 Å². The third kappa shape index (κ3) is 3.17. The van der Waals surface area contributed by atoms with E-state index in [9.17, 15) is 14.7 Å². The lowest BCUT2D eigenvalue weighted by atomic mass is 9.98. The lowest BCUT2D eigenvalue weighted by Gasteiger charge is -2.36. The van der Waals surface area contributed by atoms with Gasteiger partial charge in [-0.2, -0.15) is 0 Å². The van der Waals surface area contributed by atoms with Gasteiger partial charge in [0.25, 0.3) is 0 Å². The Balaban J connectivity index is 1.52. The first-order valence-electron chi connectivity index (χ1n) is 9.09. The van der Waals surface area contributed by atoms with Gasteiger partial charge in [0, 0.05) is 25.6 Å². The van der Waals surface area contributed by atoms with E-state index in [2.05, 4.69) is 24.3 Å². The van der Waals surface area contributed by atoms with E-state index >= 15 is 0 Å². The minimum absolute atomic E-state index is 0.0305. The number of rotatable bonds is 3. The van der Waals surface area contributed by atoms with E-state index in [1.54, 1.807) is 0 Å². The number of carboxylic acids is 1. The molecular formula is C21H22N2O4. The van der Waals surface area contributed by atoms with Gasteiger partial charge in [0.15, 0.2) is 0 Å². The minimum Gasteiger partial charge on any atom is -0.480 e. The van der Waals surface area contributed by atoms with Crippen LogP contribution in [0.4, 0.5) is 4.79 Å². The fraction of sp³-hybridized carbons (Fsp3) is 0.333. The second kappa shape index (κ2) is 7.04. The van der Waals surface area contributed by atoms with Gasteiger partial charge in [-0.1, -0.05) is 48.5 Å². The fourth-order valence-electron chi connectivity index (χ4n) is 4.03. The number of piperazine rings is 1. The number of carboxylic acid groups (broad SMARTS) is 1. The molecule has 6 nitrogen and oxygen atoms in total. The molecule has 1 saturated heterocycles. The number of aliphatic carboxylic acids is 1. The largest absolute Gasteiger partial charge is 0.480 e. The number of carbonyl (C=O) groups is 2. The van der Waals surface area contributed by atoms with E-state index < -0.39 is 18.1 Å². The molecule has 27 heavy (non-hydrogen) atoms. The molecule has 2 aliphatic rings. The van der Waals surface area contributed by atoms with Crippen molar-refractivity contribution in [3.05, 3.63) is 59.7 Å². The maximum atomic E-state index is 12.6. The second-order valence-electron chi connectivity index (χ2n) is 7.11. The zero-order chi connectivity index (χ0) is 19.0. The van der Waals surface area contributed by atoms with E-state index in [-0.39, 0.29) is 12.5 Å². The molecule has 2 aromatic carbocycles. The third-order valence-corrected chi connectivity index (χ3v) is 5.44. The zero-order valence-corrected chi connectivity index (χ0v) is 15.2. The van der Waals surface area contributed by atoms with Crippen LogP contribution in [-0.4, -0.2) is 66.3 Å². The summed E-state index contributed by atoms with van der Waals surface area (Å²) in [6.45, 7) is 1.49. The zero-order valence-electron chi connectivity index (χ0n) is 15.2. The molecule has 0 radical (unpaired) electrons. The van der Waals surface area contributed by atoms with Crippen molar-refractivity contribution in [2.75, 3.05) is 33.3 Å². The summed E-state index contributed by atoms with van der Waals surface area (Å²) in [6.07, 6.45) is -0.558. The standard InChI is InChI=1S/C21H22N2O4/c1-22-10-11-23(19(12-22)20(24)25)21(26)27-13-18-16-8-4-2-6-14(16)15-7-3-5-9-17(15)18/h2-9,18-19H,10-13H2,1H3,(H,24,25)/t19-/m0/s1. The van der Waals surface area contributed by atoms with Crippen molar-refractivity contribution in [3.8, 4) is 11.1 Å². The number of hydrogen-bond acceptors (Lipinski definition) is 4. The quantitative estimate of drug-likeness (QED) is 0.904. The van der Waals surface area contributed by atoms with Crippen molar-refractivity contribution in [3.63, 3.8) is 0 Å². The van der Waals surface area contributed by atoms with Crippen LogP contribution in [0.5, 0.6) is 0 Å². The highest BCUT2D eigenvalue weighted by molar-refractivity contribution is 5.81. The molecule has 0 bridgehead atoms. The number of amides is 1. The number of carbonyl (C=O) groups excluding carboxylic acids is 1. The molecule has 1 aliphatic carbocycles. The molecule has 1 N–H and O–H groups in total. The van der Waals surface area contributed by atoms with E-state index in [1.807, 2.05) is 36.2 Å². The minimum atomic E-state index is -1.00. The first-order chi connectivity index (χ1) is 13.1. The maximum absolute atomic E-state index is 12.6. The van der Waals surface area contributed by atoms with Gasteiger partial charge in [0.1, 0.15) is 12.6 Å². The maximum Gasteiger partial charge on any atom is 0.410 e. The van der Waals surface area contributed by atoms with Crippen molar-refractivity contribution < 1.29 is 19.4 Å². The molecule has 1 fully saturated rings. The molecule has 1 heterocycles. The lowest BCUT2D eigenvalue weighted by Crippen LogP contribution is -2.57. The molecular weight excluding hydrogens is 344 g/mol. The van der Waals surface area contributed by atoms with Crippen LogP contribution in [0.2, 0.25) is 0 Å². The molecule has 6 heteroatoms. The Kier molecular flexibility index (Phi) is 4.58. The molecule has 1 aliphatic heterocycles. The van der Waals surface area contributed by atoms with Crippen LogP contribution in [-0.2, 0) is 9.53 Å². The summed E-state index contributed by atoms with van der Waals surface area (Å²) < 4.78 is 5.60. The Bertz CT molecular complexity index is 836. The summed E-state index contributed by atoms with van der Waals surface area (Å²) in [5.74, 6) is -1.04. The van der Waals surface area contributed by atoms with E-state index in [4.69, 9.17) is 4.74 Å². The Hall–Kier alpha value is -2.86. The van der Waals surface area contributed by atoms with Crippen LogP contribution < -0.4 is 0 Å². The van der Waals surface area contributed by atoms with Gasteiger partial charge in [0.2, 0.25) is 0 Å². The molecule has 0 aromatic heterocycles. The van der Waals surface area contributed by atoms with Crippen LogP contribution in [0.3, 0.4) is 0 Å². The molecule has 0 unspecified atom stereocenters. The SMILES string of the molecule is CN1CCN(C(=O)OCC2c3ccccc3-c3ccccc32)[C@H](C(=O)O)C1. The molecule has 140 valence electrons. The molecule has 1 amide bonds. The fourth-order valence-corrected chi connectivity index (χ4v) is 4.03. The molecule has 0 spiro atoms. The topological polar surface area (TPSA) is 70.1 Å². The van der Waals surface area contributed by atoms with Gasteiger partial charge in [-0.15, -0.1) is 0 Å². The third-order valence-electron chi connectivity index (χ3n) is 5.44. The predicted octanol–water partition coefficient (Wildman–Crippen LogP) is 2.64. The molecule has 2 aromatic rings. The number of nitrogens with zero attached hydrogens (tertiary/aromatic N) is 2. The van der Waals surface area contributed by atoms with E-state index in [0.29, 0.717) is 19.6 Å². The Labute approximate surface area is 158 Å². The summed E-state index contributed by atoms with van der Waals surface area (Å²) in [5.41, 5.74) is 4.61. The van der Waals surface area contributed by atoms with Crippen molar-refractivity contribution in [1.82, 2.24) is 9.80 Å². The van der Waals surface area contributed by atoms with Gasteiger partial charge in [0.05, 0.1) is 0 Å². The summed E-state index contributed by atoms with van der Waals surface area (Å²) in [7, 11) is 1.85. The molecule has 1 atom stereocenters.